The summed E-state index contributed by atoms with van der Waals surface area (Å²) in [6.45, 7) is 3.01. The van der Waals surface area contributed by atoms with Gasteiger partial charge in [-0.1, -0.05) is 47.4 Å². The first-order valence-electron chi connectivity index (χ1n) is 9.10. The Morgan fingerprint density at radius 3 is 2.76 bits per heavy atom. The third-order valence-electron chi connectivity index (χ3n) is 3.81. The van der Waals surface area contributed by atoms with Crippen LogP contribution in [0.2, 0.25) is 0 Å². The lowest BCUT2D eigenvalue weighted by molar-refractivity contribution is -0.118. The lowest BCUT2D eigenvalue weighted by Gasteiger charge is -2.09. The molecule has 152 valence electrons. The summed E-state index contributed by atoms with van der Waals surface area (Å²) in [7, 11) is 0. The predicted octanol–water partition coefficient (Wildman–Crippen LogP) is 4.27. The van der Waals surface area contributed by atoms with Crippen LogP contribution < -0.4 is 15.4 Å². The molecule has 0 saturated carbocycles. The highest BCUT2D eigenvalue weighted by Crippen LogP contribution is 2.31. The van der Waals surface area contributed by atoms with Crippen LogP contribution in [0.3, 0.4) is 0 Å². The summed E-state index contributed by atoms with van der Waals surface area (Å²) >= 11 is 2.71. The molecule has 1 amide bonds. The third kappa shape index (κ3) is 6.72. The minimum atomic E-state index is -0.263. The molecule has 2 N–H and O–H groups in total. The third-order valence-corrected chi connectivity index (χ3v) is 5.78. The van der Waals surface area contributed by atoms with Crippen LogP contribution in [0.25, 0.3) is 0 Å². The second-order valence-corrected chi connectivity index (χ2v) is 8.14. The second-order valence-electron chi connectivity index (χ2n) is 5.94. The fourth-order valence-electron chi connectivity index (χ4n) is 2.46. The van der Waals surface area contributed by atoms with E-state index in [-0.39, 0.29) is 17.5 Å². The average Bonchev–Trinajstić information content (AvgIpc) is 3.17. The number of thioether (sulfide) groups is 1. The van der Waals surface area contributed by atoms with Crippen LogP contribution in [-0.4, -0.2) is 35.0 Å². The fourth-order valence-corrected chi connectivity index (χ4v) is 4.05. The van der Waals surface area contributed by atoms with Crippen molar-refractivity contribution in [3.63, 3.8) is 0 Å². The average molecular weight is 433 g/mol. The largest absolute Gasteiger partial charge is 0.492 e. The number of aromatic nitrogens is 2. The minimum Gasteiger partial charge on any atom is -0.492 e. The molecular formula is C20H21FN4O2S2. The number of carbonyl (C=O) groups is 1. The predicted molar refractivity (Wildman–Crippen MR) is 115 cm³/mol. The molecule has 0 fully saturated rings. The van der Waals surface area contributed by atoms with E-state index in [4.69, 9.17) is 4.74 Å². The Hall–Kier alpha value is -2.65. The molecule has 0 atom stereocenters. The van der Waals surface area contributed by atoms with Crippen molar-refractivity contribution in [3.8, 4) is 5.75 Å². The lowest BCUT2D eigenvalue weighted by Crippen LogP contribution is -2.27. The van der Waals surface area contributed by atoms with Gasteiger partial charge in [0.25, 0.3) is 0 Å². The number of para-hydroxylation sites is 2. The standard InChI is InChI=1S/C20H21FN4O2S2/c1-2-27-17-6-4-3-5-16(17)23-19-24-25-20(29-19)28-13-18(26)22-12-11-14-7-9-15(21)10-8-14/h3-10H,2,11-13H2,1H3,(H,22,26)(H,23,24). The summed E-state index contributed by atoms with van der Waals surface area (Å²) in [5.41, 5.74) is 1.80. The molecule has 0 bridgehead atoms. The van der Waals surface area contributed by atoms with Gasteiger partial charge in [-0.3, -0.25) is 4.79 Å². The van der Waals surface area contributed by atoms with Gasteiger partial charge < -0.3 is 15.4 Å². The van der Waals surface area contributed by atoms with Gasteiger partial charge in [-0.05, 0) is 43.2 Å². The monoisotopic (exact) mass is 432 g/mol. The number of nitrogens with one attached hydrogen (secondary N) is 2. The van der Waals surface area contributed by atoms with Gasteiger partial charge in [-0.25, -0.2) is 4.39 Å². The van der Waals surface area contributed by atoms with Crippen molar-refractivity contribution in [2.75, 3.05) is 24.2 Å². The van der Waals surface area contributed by atoms with E-state index in [1.807, 2.05) is 31.2 Å². The number of hydrogen-bond donors (Lipinski definition) is 2. The molecule has 3 aromatic rings. The van der Waals surface area contributed by atoms with Crippen molar-refractivity contribution >= 4 is 39.8 Å². The molecule has 2 aromatic carbocycles. The van der Waals surface area contributed by atoms with Gasteiger partial charge in [0.05, 0.1) is 18.0 Å². The maximum atomic E-state index is 12.9. The molecule has 0 aliphatic heterocycles. The minimum absolute atomic E-state index is 0.0801. The van der Waals surface area contributed by atoms with E-state index in [0.29, 0.717) is 29.0 Å². The second kappa shape index (κ2) is 10.8. The highest BCUT2D eigenvalue weighted by molar-refractivity contribution is 8.01. The summed E-state index contributed by atoms with van der Waals surface area (Å²) < 4.78 is 19.2. The number of nitrogens with zero attached hydrogens (tertiary/aromatic N) is 2. The number of anilines is 2. The maximum absolute atomic E-state index is 12.9. The van der Waals surface area contributed by atoms with E-state index in [9.17, 15) is 9.18 Å². The van der Waals surface area contributed by atoms with Gasteiger partial charge in [0.1, 0.15) is 11.6 Å². The van der Waals surface area contributed by atoms with Crippen molar-refractivity contribution in [1.29, 1.82) is 0 Å². The molecule has 29 heavy (non-hydrogen) atoms. The number of halogens is 1. The first kappa shape index (κ1) is 21.1. The molecule has 0 radical (unpaired) electrons. The zero-order valence-electron chi connectivity index (χ0n) is 15.9. The maximum Gasteiger partial charge on any atom is 0.230 e. The van der Waals surface area contributed by atoms with Gasteiger partial charge in [0.15, 0.2) is 4.34 Å². The highest BCUT2D eigenvalue weighted by Gasteiger charge is 2.10. The number of amides is 1. The van der Waals surface area contributed by atoms with Gasteiger partial charge in [-0.15, -0.1) is 10.2 Å². The number of hydrogen-bond acceptors (Lipinski definition) is 7. The Labute approximate surface area is 176 Å². The Morgan fingerprint density at radius 1 is 1.17 bits per heavy atom. The van der Waals surface area contributed by atoms with Crippen LogP contribution in [0.1, 0.15) is 12.5 Å². The van der Waals surface area contributed by atoms with Crippen LogP contribution in [0.4, 0.5) is 15.2 Å². The van der Waals surface area contributed by atoms with Gasteiger partial charge >= 0.3 is 0 Å². The first-order chi connectivity index (χ1) is 14.1. The van der Waals surface area contributed by atoms with Gasteiger partial charge in [0, 0.05) is 6.54 Å². The molecule has 0 unspecified atom stereocenters. The van der Waals surface area contributed by atoms with Crippen LogP contribution in [0.5, 0.6) is 5.75 Å². The Balaban J connectivity index is 1.43. The Bertz CT molecular complexity index is 934. The van der Waals surface area contributed by atoms with Gasteiger partial charge in [-0.2, -0.15) is 0 Å². The smallest absolute Gasteiger partial charge is 0.230 e. The SMILES string of the molecule is CCOc1ccccc1Nc1nnc(SCC(=O)NCCc2ccc(F)cc2)s1. The Kier molecular flexibility index (Phi) is 7.83. The molecule has 0 spiro atoms. The van der Waals surface area contributed by atoms with E-state index in [2.05, 4.69) is 20.8 Å². The molecule has 0 saturated heterocycles. The van der Waals surface area contributed by atoms with E-state index < -0.39 is 0 Å². The molecule has 0 aliphatic rings. The zero-order valence-corrected chi connectivity index (χ0v) is 17.5. The number of rotatable bonds is 10. The Morgan fingerprint density at radius 2 is 1.97 bits per heavy atom. The quantitative estimate of drug-likeness (QED) is 0.466. The van der Waals surface area contributed by atoms with E-state index >= 15 is 0 Å². The van der Waals surface area contributed by atoms with E-state index in [1.165, 1.54) is 35.2 Å². The molecule has 9 heteroatoms. The molecular weight excluding hydrogens is 411 g/mol. The van der Waals surface area contributed by atoms with Crippen molar-refractivity contribution in [3.05, 3.63) is 59.9 Å². The highest BCUT2D eigenvalue weighted by atomic mass is 32.2. The number of benzene rings is 2. The van der Waals surface area contributed by atoms with Crippen molar-refractivity contribution in [2.24, 2.45) is 0 Å². The molecule has 6 nitrogen and oxygen atoms in total. The van der Waals surface area contributed by atoms with Crippen LogP contribution >= 0.6 is 23.1 Å². The summed E-state index contributed by atoms with van der Waals surface area (Å²) in [5, 5.41) is 14.9. The van der Waals surface area contributed by atoms with E-state index in [1.54, 1.807) is 12.1 Å². The summed E-state index contributed by atoms with van der Waals surface area (Å²) in [5.74, 6) is 0.665. The van der Waals surface area contributed by atoms with Crippen LogP contribution in [0, 0.1) is 5.82 Å². The van der Waals surface area contributed by atoms with E-state index in [0.717, 1.165) is 17.0 Å². The zero-order chi connectivity index (χ0) is 20.5. The first-order valence-corrected chi connectivity index (χ1v) is 10.9. The van der Waals surface area contributed by atoms with Crippen LogP contribution in [0.15, 0.2) is 52.9 Å². The number of carbonyl (C=O) groups excluding carboxylic acids is 1. The lowest BCUT2D eigenvalue weighted by atomic mass is 10.1. The fraction of sp³-hybridized carbons (Fsp3) is 0.250. The van der Waals surface area contributed by atoms with Crippen LogP contribution in [-0.2, 0) is 11.2 Å². The normalized spacial score (nSPS) is 10.6. The van der Waals surface area contributed by atoms with Crippen molar-refractivity contribution in [2.45, 2.75) is 17.7 Å². The summed E-state index contributed by atoms with van der Waals surface area (Å²) in [6.07, 6.45) is 0.656. The molecule has 3 rings (SSSR count). The van der Waals surface area contributed by atoms with Gasteiger partial charge in [0.2, 0.25) is 11.0 Å². The van der Waals surface area contributed by atoms with Crippen molar-refractivity contribution < 1.29 is 13.9 Å². The molecule has 0 aliphatic carbocycles. The molecule has 1 heterocycles. The van der Waals surface area contributed by atoms with Crippen molar-refractivity contribution in [1.82, 2.24) is 15.5 Å². The summed E-state index contributed by atoms with van der Waals surface area (Å²) in [6, 6.07) is 13.9. The number of ether oxygens (including phenoxy) is 1. The summed E-state index contributed by atoms with van der Waals surface area (Å²) in [4.78, 5) is 12.0. The topological polar surface area (TPSA) is 76.1 Å². The molecule has 1 aromatic heterocycles.